The monoisotopic (exact) mass is 256 g/mol. The van der Waals surface area contributed by atoms with Crippen molar-refractivity contribution in [1.82, 2.24) is 10.2 Å². The summed E-state index contributed by atoms with van der Waals surface area (Å²) in [5.74, 6) is -1.06. The van der Waals surface area contributed by atoms with Crippen molar-refractivity contribution in [3.63, 3.8) is 0 Å². The number of nitrogens with one attached hydrogen (secondary N) is 1. The van der Waals surface area contributed by atoms with Gasteiger partial charge >= 0.3 is 12.0 Å². The molecule has 2 rings (SSSR count). The second-order valence-electron chi connectivity index (χ2n) is 5.59. The molecule has 6 nitrogen and oxygen atoms in total. The van der Waals surface area contributed by atoms with Crippen LogP contribution in [0.5, 0.6) is 0 Å². The first-order chi connectivity index (χ1) is 8.41. The zero-order valence-corrected chi connectivity index (χ0v) is 10.6. The maximum atomic E-state index is 12.1. The highest BCUT2D eigenvalue weighted by molar-refractivity contribution is 5.83. The van der Waals surface area contributed by atoms with E-state index >= 15 is 0 Å². The van der Waals surface area contributed by atoms with Crippen molar-refractivity contribution in [2.45, 2.75) is 56.7 Å². The number of likely N-dealkylation sites (tertiary alicyclic amines) is 1. The summed E-state index contributed by atoms with van der Waals surface area (Å²) in [6.45, 7) is 2.08. The number of amides is 2. The Balaban J connectivity index is 2.01. The van der Waals surface area contributed by atoms with E-state index in [1.807, 2.05) is 6.92 Å². The zero-order chi connectivity index (χ0) is 13.3. The number of carbonyl (C=O) groups excluding carboxylic acids is 1. The third-order valence-corrected chi connectivity index (χ3v) is 3.94. The van der Waals surface area contributed by atoms with Crippen LogP contribution in [0.15, 0.2) is 0 Å². The van der Waals surface area contributed by atoms with Gasteiger partial charge in [-0.05, 0) is 19.8 Å². The Bertz CT molecular complexity index is 352. The van der Waals surface area contributed by atoms with Gasteiger partial charge in [-0.2, -0.15) is 0 Å². The molecule has 0 aromatic rings. The summed E-state index contributed by atoms with van der Waals surface area (Å²) in [6, 6.07) is -1.28. The molecule has 0 bridgehead atoms. The van der Waals surface area contributed by atoms with Crippen LogP contribution in [-0.4, -0.2) is 51.3 Å². The molecule has 18 heavy (non-hydrogen) atoms. The molecule has 2 atom stereocenters. The standard InChI is InChI=1S/C12H20N2O4/c1-12(4-2-3-5-12)13-11(18)14-7-8(15)6-9(14)10(16)17/h8-9,15H,2-7H2,1H3,(H,13,18)(H,16,17)/t8-,9+/m1/s1. The Hall–Kier alpha value is -1.30. The molecular formula is C12H20N2O4. The summed E-state index contributed by atoms with van der Waals surface area (Å²) in [7, 11) is 0. The van der Waals surface area contributed by atoms with E-state index in [0.29, 0.717) is 0 Å². The fourth-order valence-corrected chi connectivity index (χ4v) is 2.88. The van der Waals surface area contributed by atoms with Gasteiger partial charge in [-0.3, -0.25) is 0 Å². The maximum absolute atomic E-state index is 12.1. The molecule has 1 saturated carbocycles. The Morgan fingerprint density at radius 1 is 1.33 bits per heavy atom. The molecule has 6 heteroatoms. The lowest BCUT2D eigenvalue weighted by Crippen LogP contribution is -2.53. The van der Waals surface area contributed by atoms with E-state index in [1.165, 1.54) is 4.90 Å². The molecule has 0 spiro atoms. The molecule has 1 heterocycles. The van der Waals surface area contributed by atoms with Crippen molar-refractivity contribution in [3.05, 3.63) is 0 Å². The highest BCUT2D eigenvalue weighted by Gasteiger charge is 2.41. The lowest BCUT2D eigenvalue weighted by Gasteiger charge is -2.30. The molecular weight excluding hydrogens is 236 g/mol. The molecule has 102 valence electrons. The van der Waals surface area contributed by atoms with E-state index in [2.05, 4.69) is 5.32 Å². The Labute approximate surface area is 106 Å². The molecule has 1 saturated heterocycles. The molecule has 1 aliphatic carbocycles. The van der Waals surface area contributed by atoms with Crippen LogP contribution in [0.25, 0.3) is 0 Å². The minimum atomic E-state index is -1.06. The fraction of sp³-hybridized carbons (Fsp3) is 0.833. The van der Waals surface area contributed by atoms with E-state index < -0.39 is 18.1 Å². The van der Waals surface area contributed by atoms with Crippen LogP contribution in [0.4, 0.5) is 4.79 Å². The lowest BCUT2D eigenvalue weighted by molar-refractivity contribution is -0.141. The number of nitrogens with zero attached hydrogens (tertiary/aromatic N) is 1. The number of hydrogen-bond donors (Lipinski definition) is 3. The van der Waals surface area contributed by atoms with Crippen LogP contribution in [0.3, 0.4) is 0 Å². The van der Waals surface area contributed by atoms with Gasteiger partial charge < -0.3 is 20.4 Å². The number of carboxylic acids is 1. The topological polar surface area (TPSA) is 89.9 Å². The van der Waals surface area contributed by atoms with Crippen molar-refractivity contribution in [2.24, 2.45) is 0 Å². The summed E-state index contributed by atoms with van der Waals surface area (Å²) in [6.07, 6.45) is 3.39. The number of rotatable bonds is 2. The number of aliphatic hydroxyl groups is 1. The van der Waals surface area contributed by atoms with E-state index in [4.69, 9.17) is 5.11 Å². The Morgan fingerprint density at radius 3 is 2.50 bits per heavy atom. The molecule has 2 amide bonds. The van der Waals surface area contributed by atoms with E-state index in [1.54, 1.807) is 0 Å². The molecule has 3 N–H and O–H groups in total. The smallest absolute Gasteiger partial charge is 0.326 e. The van der Waals surface area contributed by atoms with Crippen molar-refractivity contribution in [3.8, 4) is 0 Å². The summed E-state index contributed by atoms with van der Waals surface area (Å²) < 4.78 is 0. The van der Waals surface area contributed by atoms with Gasteiger partial charge in [0.1, 0.15) is 6.04 Å². The first-order valence-corrected chi connectivity index (χ1v) is 6.41. The summed E-state index contributed by atoms with van der Waals surface area (Å²) in [5.41, 5.74) is -0.228. The second-order valence-corrected chi connectivity index (χ2v) is 5.59. The zero-order valence-electron chi connectivity index (χ0n) is 10.6. The third-order valence-electron chi connectivity index (χ3n) is 3.94. The molecule has 0 radical (unpaired) electrons. The molecule has 0 unspecified atom stereocenters. The average Bonchev–Trinajstić information content (AvgIpc) is 2.85. The van der Waals surface area contributed by atoms with Crippen LogP contribution in [0, 0.1) is 0 Å². The fourth-order valence-electron chi connectivity index (χ4n) is 2.88. The van der Waals surface area contributed by atoms with Crippen LogP contribution < -0.4 is 5.32 Å². The van der Waals surface area contributed by atoms with Gasteiger partial charge in [0.15, 0.2) is 0 Å². The third kappa shape index (κ3) is 2.58. The lowest BCUT2D eigenvalue weighted by atomic mass is 10.0. The number of aliphatic hydroxyl groups excluding tert-OH is 1. The summed E-state index contributed by atoms with van der Waals surface area (Å²) >= 11 is 0. The van der Waals surface area contributed by atoms with Gasteiger partial charge in [0.25, 0.3) is 0 Å². The van der Waals surface area contributed by atoms with E-state index in [9.17, 15) is 14.7 Å². The van der Waals surface area contributed by atoms with Crippen molar-refractivity contribution in [2.75, 3.05) is 6.54 Å². The molecule has 1 aliphatic heterocycles. The number of hydrogen-bond acceptors (Lipinski definition) is 3. The van der Waals surface area contributed by atoms with E-state index in [-0.39, 0.29) is 24.5 Å². The first-order valence-electron chi connectivity index (χ1n) is 6.41. The van der Waals surface area contributed by atoms with E-state index in [0.717, 1.165) is 25.7 Å². The van der Waals surface area contributed by atoms with Gasteiger partial charge in [-0.1, -0.05) is 12.8 Å². The Morgan fingerprint density at radius 2 is 1.94 bits per heavy atom. The molecule has 2 aliphatic rings. The highest BCUT2D eigenvalue weighted by atomic mass is 16.4. The van der Waals surface area contributed by atoms with Crippen LogP contribution >= 0.6 is 0 Å². The maximum Gasteiger partial charge on any atom is 0.326 e. The van der Waals surface area contributed by atoms with Gasteiger partial charge in [-0.15, -0.1) is 0 Å². The molecule has 0 aromatic carbocycles. The quantitative estimate of drug-likeness (QED) is 0.673. The number of urea groups is 1. The van der Waals surface area contributed by atoms with Gasteiger partial charge in [0.2, 0.25) is 0 Å². The van der Waals surface area contributed by atoms with Crippen LogP contribution in [0.2, 0.25) is 0 Å². The second kappa shape index (κ2) is 4.76. The van der Waals surface area contributed by atoms with Crippen molar-refractivity contribution in [1.29, 1.82) is 0 Å². The molecule has 0 aromatic heterocycles. The van der Waals surface area contributed by atoms with Crippen molar-refractivity contribution >= 4 is 12.0 Å². The number of β-amino-alcohol motifs (C(OH)–C–C–N with tert-alkyl or cyclic N) is 1. The number of aliphatic carboxylic acids is 1. The van der Waals surface area contributed by atoms with Crippen LogP contribution in [0.1, 0.15) is 39.0 Å². The number of carboxylic acid groups (broad SMARTS) is 1. The van der Waals surface area contributed by atoms with Gasteiger partial charge in [-0.25, -0.2) is 9.59 Å². The Kier molecular flexibility index (Phi) is 3.47. The van der Waals surface area contributed by atoms with Gasteiger partial charge in [0.05, 0.1) is 6.10 Å². The summed E-state index contributed by atoms with van der Waals surface area (Å²) in [5, 5.41) is 21.5. The minimum absolute atomic E-state index is 0.0961. The highest BCUT2D eigenvalue weighted by Crippen LogP contribution is 2.29. The average molecular weight is 256 g/mol. The predicted octanol–water partition coefficient (Wildman–Crippen LogP) is 0.548. The van der Waals surface area contributed by atoms with Crippen molar-refractivity contribution < 1.29 is 19.8 Å². The van der Waals surface area contributed by atoms with Crippen LogP contribution in [-0.2, 0) is 4.79 Å². The summed E-state index contributed by atoms with van der Waals surface area (Å²) in [4.78, 5) is 24.4. The number of carbonyl (C=O) groups is 2. The predicted molar refractivity (Wildman–Crippen MR) is 64.2 cm³/mol. The normalized spacial score (nSPS) is 30.4. The molecule has 2 fully saturated rings. The van der Waals surface area contributed by atoms with Gasteiger partial charge in [0, 0.05) is 18.5 Å². The first kappa shape index (κ1) is 13.1. The largest absolute Gasteiger partial charge is 0.480 e. The minimum Gasteiger partial charge on any atom is -0.480 e. The SMILES string of the molecule is CC1(NC(=O)N2C[C@H](O)C[C@H]2C(=O)O)CCCC1.